The minimum Gasteiger partial charge on any atom is -0.481 e. The van der Waals surface area contributed by atoms with Gasteiger partial charge in [0.2, 0.25) is 23.6 Å². The molecule has 1 heterocycles. The molecule has 0 aliphatic carbocycles. The van der Waals surface area contributed by atoms with Crippen molar-refractivity contribution in [3.05, 3.63) is 12.2 Å². The summed E-state index contributed by atoms with van der Waals surface area (Å²) in [7, 11) is 0. The van der Waals surface area contributed by atoms with Crippen molar-refractivity contribution in [2.45, 2.75) is 127 Å². The van der Waals surface area contributed by atoms with Crippen molar-refractivity contribution in [2.24, 2.45) is 5.73 Å². The van der Waals surface area contributed by atoms with Crippen LogP contribution in [-0.2, 0) is 52.7 Å². The number of hydrogen-bond acceptors (Lipinski definition) is 14. The fraction of sp³-hybridized carbons (Fsp3) is 0.629. The lowest BCUT2D eigenvalue weighted by Crippen LogP contribution is -2.60. The largest absolute Gasteiger partial charge is 0.481 e. The second-order valence-electron chi connectivity index (χ2n) is 13.9. The number of rotatable bonds is 29. The number of carboxylic acid groups (broad SMARTS) is 4. The number of nitrogens with two attached hydrogens (primary N) is 1. The number of aliphatic carboxylic acids is 4. The van der Waals surface area contributed by atoms with Gasteiger partial charge in [-0.05, 0) is 25.7 Å². The molecule has 23 nitrogen and oxygen atoms in total. The Morgan fingerprint density at radius 2 is 0.948 bits per heavy atom. The Bertz CT molecular complexity index is 1570. The van der Waals surface area contributed by atoms with Crippen LogP contribution in [0.1, 0.15) is 79.1 Å². The van der Waals surface area contributed by atoms with Gasteiger partial charge in [0, 0.05) is 63.0 Å². The van der Waals surface area contributed by atoms with Crippen LogP contribution < -0.4 is 37.6 Å². The highest BCUT2D eigenvalue weighted by Crippen LogP contribution is 2.11. The standard InChI is InChI=1S/C35H54N8O15/c1-17(2)38-20(7-13-29(49)50)31(53)41-22(35(57)58)5-9-25(44)19(6-12-28(47)48)40-33(55)23(42-32(54)21(39-18(3)4)8-14-30(51)52)16-37-34(56)24(15-36)43-26(45)10-11-27(43)46/h10-11,17-24,38-39H,5-9,12-16,36H2,1-4H3,(H,37,56)(H,40,55)(H,41,53)(H,42,54)(H,47,48)(H,49,50)(H,51,52)(H,57,58)/t19-,20-,21-,22-,23-,24-/m0/s1. The predicted molar refractivity (Wildman–Crippen MR) is 199 cm³/mol. The van der Waals surface area contributed by atoms with E-state index >= 15 is 0 Å². The van der Waals surface area contributed by atoms with E-state index in [4.69, 9.17) is 10.8 Å². The lowest BCUT2D eigenvalue weighted by atomic mass is 9.99. The lowest BCUT2D eigenvalue weighted by Gasteiger charge is -2.28. The Labute approximate surface area is 333 Å². The molecule has 12 N–H and O–H groups in total. The average Bonchev–Trinajstić information content (AvgIpc) is 3.45. The summed E-state index contributed by atoms with van der Waals surface area (Å²) in [5.41, 5.74) is 5.67. The third-order valence-electron chi connectivity index (χ3n) is 8.44. The van der Waals surface area contributed by atoms with E-state index in [2.05, 4.69) is 31.9 Å². The molecule has 0 aromatic rings. The molecule has 0 aromatic carbocycles. The molecule has 23 heteroatoms. The molecule has 0 radical (unpaired) electrons. The maximum absolute atomic E-state index is 13.8. The summed E-state index contributed by atoms with van der Waals surface area (Å²) in [6.45, 7) is 5.39. The van der Waals surface area contributed by atoms with Gasteiger partial charge < -0.3 is 58.1 Å². The number of carboxylic acids is 4. The quantitative estimate of drug-likeness (QED) is 0.0327. The van der Waals surface area contributed by atoms with Gasteiger partial charge in [-0.1, -0.05) is 27.7 Å². The molecule has 0 spiro atoms. The summed E-state index contributed by atoms with van der Waals surface area (Å²) in [6.07, 6.45) is -1.84. The number of carbonyl (C=O) groups is 11. The van der Waals surface area contributed by atoms with Crippen LogP contribution in [0.15, 0.2) is 12.2 Å². The molecule has 0 saturated heterocycles. The van der Waals surface area contributed by atoms with Gasteiger partial charge in [0.1, 0.15) is 18.1 Å². The maximum Gasteiger partial charge on any atom is 0.326 e. The average molecular weight is 827 g/mol. The van der Waals surface area contributed by atoms with Gasteiger partial charge in [-0.25, -0.2) is 4.79 Å². The molecule has 324 valence electrons. The first-order valence-electron chi connectivity index (χ1n) is 18.4. The molecular formula is C35H54N8O15. The first kappa shape index (κ1) is 50.2. The Morgan fingerprint density at radius 3 is 1.34 bits per heavy atom. The maximum atomic E-state index is 13.8. The highest BCUT2D eigenvalue weighted by molar-refractivity contribution is 6.15. The zero-order valence-electron chi connectivity index (χ0n) is 32.6. The van der Waals surface area contributed by atoms with E-state index in [-0.39, 0.29) is 24.9 Å². The van der Waals surface area contributed by atoms with E-state index < -0.39 is 153 Å². The van der Waals surface area contributed by atoms with Crippen LogP contribution >= 0.6 is 0 Å². The van der Waals surface area contributed by atoms with Crippen LogP contribution in [0.5, 0.6) is 0 Å². The summed E-state index contributed by atoms with van der Waals surface area (Å²) >= 11 is 0. The first-order valence-corrected chi connectivity index (χ1v) is 18.4. The Hall–Kier alpha value is -5.81. The Morgan fingerprint density at radius 1 is 0.569 bits per heavy atom. The molecule has 58 heavy (non-hydrogen) atoms. The first-order chi connectivity index (χ1) is 27.1. The second-order valence-corrected chi connectivity index (χ2v) is 13.9. The number of hydrogen-bond donors (Lipinski definition) is 11. The molecule has 0 unspecified atom stereocenters. The summed E-state index contributed by atoms with van der Waals surface area (Å²) in [5.74, 6) is -11.8. The lowest BCUT2D eigenvalue weighted by molar-refractivity contribution is -0.145. The smallest absolute Gasteiger partial charge is 0.326 e. The normalized spacial score (nSPS) is 15.5. The molecule has 6 amide bonds. The molecule has 6 atom stereocenters. The number of Topliss-reactive ketones (excluding diaryl/α,β-unsaturated/α-hetero) is 1. The number of nitrogens with one attached hydrogen (secondary N) is 6. The summed E-state index contributed by atoms with van der Waals surface area (Å²) in [4.78, 5) is 138. The van der Waals surface area contributed by atoms with Crippen molar-refractivity contribution in [3.63, 3.8) is 0 Å². The van der Waals surface area contributed by atoms with E-state index in [1.165, 1.54) is 0 Å². The van der Waals surface area contributed by atoms with E-state index in [0.717, 1.165) is 12.2 Å². The number of imide groups is 1. The summed E-state index contributed by atoms with van der Waals surface area (Å²) < 4.78 is 0. The van der Waals surface area contributed by atoms with Gasteiger partial charge >= 0.3 is 23.9 Å². The fourth-order valence-corrected chi connectivity index (χ4v) is 5.62. The molecule has 0 saturated carbocycles. The minimum absolute atomic E-state index is 0.182. The third kappa shape index (κ3) is 18.0. The molecule has 1 aliphatic rings. The van der Waals surface area contributed by atoms with E-state index in [1.807, 2.05) is 0 Å². The molecule has 0 bridgehead atoms. The van der Waals surface area contributed by atoms with Gasteiger partial charge in [0.05, 0.1) is 18.1 Å². The second kappa shape index (κ2) is 24.7. The van der Waals surface area contributed by atoms with Crippen molar-refractivity contribution in [1.82, 2.24) is 36.8 Å². The topological polar surface area (TPSA) is 370 Å². The monoisotopic (exact) mass is 826 g/mol. The SMILES string of the molecule is CC(C)N[C@@H](CCC(=O)O)C(=O)N[C@@H](CCC(=O)[C@H](CCC(=O)O)NC(=O)[C@H](CNC(=O)[C@H](CN)N1C(=O)C=CC1=O)NC(=O)[C@H](CCC(=O)O)NC(C)C)C(=O)O. The molecular weight excluding hydrogens is 772 g/mol. The molecule has 0 fully saturated rings. The number of amides is 6. The van der Waals surface area contributed by atoms with Crippen LogP contribution in [-0.4, -0.2) is 152 Å². The third-order valence-corrected chi connectivity index (χ3v) is 8.44. The zero-order valence-corrected chi connectivity index (χ0v) is 32.6. The summed E-state index contributed by atoms with van der Waals surface area (Å²) in [5, 5.41) is 52.4. The van der Waals surface area contributed by atoms with Crippen LogP contribution in [0.3, 0.4) is 0 Å². The highest BCUT2D eigenvalue weighted by Gasteiger charge is 2.37. The Balaban J connectivity index is 3.36. The fourth-order valence-electron chi connectivity index (χ4n) is 5.62. The van der Waals surface area contributed by atoms with Gasteiger partial charge in [0.25, 0.3) is 11.8 Å². The van der Waals surface area contributed by atoms with Crippen molar-refractivity contribution in [2.75, 3.05) is 13.1 Å². The van der Waals surface area contributed by atoms with Gasteiger partial charge in [-0.2, -0.15) is 0 Å². The number of ketones is 1. The van der Waals surface area contributed by atoms with Crippen molar-refractivity contribution in [3.8, 4) is 0 Å². The Kier molecular flexibility index (Phi) is 21.4. The van der Waals surface area contributed by atoms with E-state index in [0.29, 0.717) is 4.90 Å². The minimum atomic E-state index is -1.75. The van der Waals surface area contributed by atoms with Gasteiger partial charge in [-0.15, -0.1) is 0 Å². The zero-order chi connectivity index (χ0) is 44.3. The van der Waals surface area contributed by atoms with Gasteiger partial charge in [0.15, 0.2) is 5.78 Å². The molecule has 0 aromatic heterocycles. The van der Waals surface area contributed by atoms with Crippen LogP contribution in [0.25, 0.3) is 0 Å². The number of nitrogens with zero attached hydrogens (tertiary/aromatic N) is 1. The van der Waals surface area contributed by atoms with Crippen molar-refractivity contribution < 1.29 is 73.2 Å². The van der Waals surface area contributed by atoms with E-state index in [9.17, 15) is 68.1 Å². The molecule has 1 aliphatic heterocycles. The van der Waals surface area contributed by atoms with Crippen molar-refractivity contribution in [1.29, 1.82) is 0 Å². The van der Waals surface area contributed by atoms with Crippen molar-refractivity contribution >= 4 is 65.1 Å². The van der Waals surface area contributed by atoms with Gasteiger partial charge in [-0.3, -0.25) is 52.8 Å². The van der Waals surface area contributed by atoms with Crippen LogP contribution in [0, 0.1) is 0 Å². The summed E-state index contributed by atoms with van der Waals surface area (Å²) in [6, 6.07) is -9.52. The highest BCUT2D eigenvalue weighted by atomic mass is 16.4. The number of carbonyl (C=O) groups excluding carboxylic acids is 7. The van der Waals surface area contributed by atoms with E-state index in [1.54, 1.807) is 27.7 Å². The van der Waals surface area contributed by atoms with Crippen LogP contribution in [0.4, 0.5) is 0 Å². The predicted octanol–water partition coefficient (Wildman–Crippen LogP) is -3.43. The van der Waals surface area contributed by atoms with Crippen LogP contribution in [0.2, 0.25) is 0 Å². The molecule has 1 rings (SSSR count).